The summed E-state index contributed by atoms with van der Waals surface area (Å²) >= 11 is 5.86. The number of rotatable bonds is 7. The first kappa shape index (κ1) is 18.7. The molecule has 0 heterocycles. The Morgan fingerprint density at radius 1 is 1.17 bits per heavy atom. The molecular formula is C17H20ClNO4S. The SMILES string of the molecule is CCCCOc1ccc(C(O)c2ccc(Cl)c(S(N)(=O)=O)c2)cc1. The van der Waals surface area contributed by atoms with Crippen molar-refractivity contribution in [2.45, 2.75) is 30.8 Å². The van der Waals surface area contributed by atoms with Gasteiger partial charge in [-0.15, -0.1) is 0 Å². The summed E-state index contributed by atoms with van der Waals surface area (Å²) in [4.78, 5) is -0.208. The average molecular weight is 370 g/mol. The van der Waals surface area contributed by atoms with Crippen molar-refractivity contribution in [3.63, 3.8) is 0 Å². The van der Waals surface area contributed by atoms with E-state index in [1.807, 2.05) is 0 Å². The monoisotopic (exact) mass is 369 g/mol. The quantitative estimate of drug-likeness (QED) is 0.733. The highest BCUT2D eigenvalue weighted by molar-refractivity contribution is 7.89. The van der Waals surface area contributed by atoms with Gasteiger partial charge in [0.2, 0.25) is 10.0 Å². The maximum absolute atomic E-state index is 11.5. The molecule has 2 aromatic rings. The molecule has 0 aliphatic carbocycles. The fraction of sp³-hybridized carbons (Fsp3) is 0.294. The third-order valence-electron chi connectivity index (χ3n) is 3.54. The maximum atomic E-state index is 11.5. The van der Waals surface area contributed by atoms with Gasteiger partial charge in [0.25, 0.3) is 0 Å². The van der Waals surface area contributed by atoms with E-state index in [1.165, 1.54) is 12.1 Å². The first-order valence-electron chi connectivity index (χ1n) is 7.56. The number of nitrogens with two attached hydrogens (primary N) is 1. The normalized spacial score (nSPS) is 12.8. The number of unbranched alkanes of at least 4 members (excludes halogenated alkanes) is 1. The third-order valence-corrected chi connectivity index (χ3v) is 4.93. The van der Waals surface area contributed by atoms with E-state index < -0.39 is 16.1 Å². The van der Waals surface area contributed by atoms with Crippen LogP contribution in [-0.4, -0.2) is 20.1 Å². The van der Waals surface area contributed by atoms with E-state index in [-0.39, 0.29) is 9.92 Å². The predicted octanol–water partition coefficient (Wildman–Crippen LogP) is 3.25. The van der Waals surface area contributed by atoms with Crippen LogP contribution in [0.4, 0.5) is 0 Å². The van der Waals surface area contributed by atoms with Crippen molar-refractivity contribution in [1.29, 1.82) is 0 Å². The Labute approximate surface area is 147 Å². The molecule has 0 saturated carbocycles. The van der Waals surface area contributed by atoms with E-state index >= 15 is 0 Å². The summed E-state index contributed by atoms with van der Waals surface area (Å²) in [6.07, 6.45) is 1.04. The minimum atomic E-state index is -3.95. The van der Waals surface area contributed by atoms with Gasteiger partial charge in [-0.3, -0.25) is 0 Å². The summed E-state index contributed by atoms with van der Waals surface area (Å²) in [5, 5.41) is 15.6. The van der Waals surface area contributed by atoms with Gasteiger partial charge in [-0.1, -0.05) is 43.1 Å². The van der Waals surface area contributed by atoms with E-state index in [0.29, 0.717) is 17.7 Å². The lowest BCUT2D eigenvalue weighted by Crippen LogP contribution is -2.13. The number of benzene rings is 2. The minimum absolute atomic E-state index is 0.0214. The second kappa shape index (κ2) is 7.98. The zero-order chi connectivity index (χ0) is 17.7. The third kappa shape index (κ3) is 4.70. The summed E-state index contributed by atoms with van der Waals surface area (Å²) in [5.74, 6) is 0.723. The lowest BCUT2D eigenvalue weighted by molar-refractivity contribution is 0.220. The Bertz CT molecular complexity index is 791. The Balaban J connectivity index is 2.21. The van der Waals surface area contributed by atoms with Crippen LogP contribution in [0.2, 0.25) is 5.02 Å². The van der Waals surface area contributed by atoms with Gasteiger partial charge in [-0.2, -0.15) is 0 Å². The Morgan fingerprint density at radius 3 is 2.38 bits per heavy atom. The molecule has 0 fully saturated rings. The van der Waals surface area contributed by atoms with Gasteiger partial charge in [0, 0.05) is 0 Å². The number of aliphatic hydroxyl groups excluding tert-OH is 1. The van der Waals surface area contributed by atoms with Crippen molar-refractivity contribution in [3.05, 3.63) is 58.6 Å². The molecule has 1 unspecified atom stereocenters. The highest BCUT2D eigenvalue weighted by atomic mass is 35.5. The molecule has 0 bridgehead atoms. The highest BCUT2D eigenvalue weighted by Gasteiger charge is 2.17. The molecule has 2 rings (SSSR count). The van der Waals surface area contributed by atoms with Crippen LogP contribution in [0.3, 0.4) is 0 Å². The first-order chi connectivity index (χ1) is 11.3. The second-order valence-electron chi connectivity index (χ2n) is 5.41. The molecule has 2 aromatic carbocycles. The molecule has 0 radical (unpaired) electrons. The van der Waals surface area contributed by atoms with E-state index in [1.54, 1.807) is 30.3 Å². The molecule has 130 valence electrons. The van der Waals surface area contributed by atoms with Crippen molar-refractivity contribution in [2.24, 2.45) is 5.14 Å². The zero-order valence-corrected chi connectivity index (χ0v) is 14.8. The largest absolute Gasteiger partial charge is 0.494 e. The van der Waals surface area contributed by atoms with Crippen LogP contribution in [0, 0.1) is 0 Å². The molecule has 0 aliphatic rings. The summed E-state index contributed by atoms with van der Waals surface area (Å²) in [5.41, 5.74) is 1.00. The van der Waals surface area contributed by atoms with E-state index in [9.17, 15) is 13.5 Å². The van der Waals surface area contributed by atoms with Gasteiger partial charge in [0.05, 0.1) is 11.6 Å². The predicted molar refractivity (Wildman–Crippen MR) is 93.7 cm³/mol. The van der Waals surface area contributed by atoms with Gasteiger partial charge in [-0.25, -0.2) is 13.6 Å². The topological polar surface area (TPSA) is 89.6 Å². The number of hydrogen-bond donors (Lipinski definition) is 2. The molecule has 3 N–H and O–H groups in total. The van der Waals surface area contributed by atoms with Crippen molar-refractivity contribution >= 4 is 21.6 Å². The number of sulfonamides is 1. The van der Waals surface area contributed by atoms with Crippen molar-refractivity contribution in [3.8, 4) is 5.75 Å². The highest BCUT2D eigenvalue weighted by Crippen LogP contribution is 2.29. The van der Waals surface area contributed by atoms with Gasteiger partial charge < -0.3 is 9.84 Å². The average Bonchev–Trinajstić information content (AvgIpc) is 2.54. The van der Waals surface area contributed by atoms with Crippen molar-refractivity contribution in [1.82, 2.24) is 0 Å². The fourth-order valence-corrected chi connectivity index (χ4v) is 3.26. The molecule has 7 heteroatoms. The summed E-state index contributed by atoms with van der Waals surface area (Å²) in [6.45, 7) is 2.73. The number of aliphatic hydroxyl groups is 1. The Hall–Kier alpha value is -1.60. The summed E-state index contributed by atoms with van der Waals surface area (Å²) in [6, 6.07) is 11.3. The number of primary sulfonamides is 1. The molecule has 1 atom stereocenters. The molecule has 0 spiro atoms. The van der Waals surface area contributed by atoms with Crippen LogP contribution in [0.1, 0.15) is 37.0 Å². The van der Waals surface area contributed by atoms with E-state index in [0.717, 1.165) is 18.6 Å². The standard InChI is InChI=1S/C17H20ClNO4S/c1-2-3-10-23-14-7-4-12(5-8-14)17(20)13-6-9-15(18)16(11-13)24(19,21)22/h4-9,11,17,20H,2-3,10H2,1H3,(H2,19,21,22). The van der Waals surface area contributed by atoms with Crippen LogP contribution in [-0.2, 0) is 10.0 Å². The smallest absolute Gasteiger partial charge is 0.239 e. The maximum Gasteiger partial charge on any atom is 0.239 e. The Kier molecular flexibility index (Phi) is 6.23. The lowest BCUT2D eigenvalue weighted by atomic mass is 10.0. The fourth-order valence-electron chi connectivity index (χ4n) is 2.18. The lowest BCUT2D eigenvalue weighted by Gasteiger charge is -2.14. The summed E-state index contributed by atoms with van der Waals surface area (Å²) in [7, 11) is -3.95. The van der Waals surface area contributed by atoms with Crippen molar-refractivity contribution in [2.75, 3.05) is 6.61 Å². The summed E-state index contributed by atoms with van der Waals surface area (Å²) < 4.78 is 28.6. The van der Waals surface area contributed by atoms with E-state index in [4.69, 9.17) is 21.5 Å². The second-order valence-corrected chi connectivity index (χ2v) is 7.35. The van der Waals surface area contributed by atoms with Crippen LogP contribution in [0.25, 0.3) is 0 Å². The van der Waals surface area contributed by atoms with Gasteiger partial charge in [-0.05, 0) is 41.8 Å². The molecular weight excluding hydrogens is 350 g/mol. The molecule has 0 aromatic heterocycles. The van der Waals surface area contributed by atoms with Gasteiger partial charge in [0.1, 0.15) is 16.7 Å². The number of ether oxygens (including phenoxy) is 1. The minimum Gasteiger partial charge on any atom is -0.494 e. The van der Waals surface area contributed by atoms with Crippen LogP contribution >= 0.6 is 11.6 Å². The van der Waals surface area contributed by atoms with Crippen LogP contribution < -0.4 is 9.88 Å². The van der Waals surface area contributed by atoms with Gasteiger partial charge >= 0.3 is 0 Å². The van der Waals surface area contributed by atoms with Gasteiger partial charge in [0.15, 0.2) is 0 Å². The first-order valence-corrected chi connectivity index (χ1v) is 9.48. The van der Waals surface area contributed by atoms with E-state index in [2.05, 4.69) is 6.92 Å². The number of halogens is 1. The van der Waals surface area contributed by atoms with Crippen LogP contribution in [0.15, 0.2) is 47.4 Å². The Morgan fingerprint density at radius 2 is 1.79 bits per heavy atom. The molecule has 0 amide bonds. The molecule has 5 nitrogen and oxygen atoms in total. The van der Waals surface area contributed by atoms with Crippen molar-refractivity contribution < 1.29 is 18.3 Å². The zero-order valence-electron chi connectivity index (χ0n) is 13.3. The molecule has 24 heavy (non-hydrogen) atoms. The molecule has 0 aliphatic heterocycles. The number of hydrogen-bond acceptors (Lipinski definition) is 4. The van der Waals surface area contributed by atoms with Crippen LogP contribution in [0.5, 0.6) is 5.75 Å². The molecule has 0 saturated heterocycles.